The van der Waals surface area contributed by atoms with Gasteiger partial charge in [-0.1, -0.05) is 32.3 Å². The second kappa shape index (κ2) is 6.20. The lowest BCUT2D eigenvalue weighted by Gasteiger charge is -2.28. The summed E-state index contributed by atoms with van der Waals surface area (Å²) in [6.07, 6.45) is 9.10. The lowest BCUT2D eigenvalue weighted by Crippen LogP contribution is -2.27. The molecule has 1 nitrogen and oxygen atoms in total. The molecule has 1 saturated carbocycles. The van der Waals surface area contributed by atoms with Crippen LogP contribution in [-0.2, 0) is 0 Å². The van der Waals surface area contributed by atoms with Gasteiger partial charge >= 0.3 is 0 Å². The summed E-state index contributed by atoms with van der Waals surface area (Å²) in [6.45, 7) is 8.20. The summed E-state index contributed by atoms with van der Waals surface area (Å²) in [7, 11) is 0. The van der Waals surface area contributed by atoms with Crippen LogP contribution >= 0.6 is 0 Å². The number of rotatable bonds is 5. The van der Waals surface area contributed by atoms with Gasteiger partial charge < -0.3 is 5.32 Å². The Hall–Kier alpha value is -0.300. The first-order chi connectivity index (χ1) is 6.36. The third-order valence-corrected chi connectivity index (χ3v) is 3.19. The molecule has 1 fully saturated rings. The molecule has 0 aliphatic heterocycles. The van der Waals surface area contributed by atoms with Gasteiger partial charge in [-0.25, -0.2) is 0 Å². The van der Waals surface area contributed by atoms with Gasteiger partial charge in [0.05, 0.1) is 0 Å². The standard InChI is InChI=1S/C12H23N/c1-3-8-13-10-12-7-5-6-11(4-2)9-12/h3,11-13H,1,4-10H2,2H3. The molecule has 1 rings (SSSR count). The molecule has 1 aliphatic rings. The molecule has 1 N–H and O–H groups in total. The lowest BCUT2D eigenvalue weighted by atomic mass is 9.80. The van der Waals surface area contributed by atoms with Gasteiger partial charge in [0.25, 0.3) is 0 Å². The van der Waals surface area contributed by atoms with Crippen LogP contribution in [0.3, 0.4) is 0 Å². The zero-order chi connectivity index (χ0) is 9.52. The third-order valence-electron chi connectivity index (χ3n) is 3.19. The monoisotopic (exact) mass is 181 g/mol. The van der Waals surface area contributed by atoms with Crippen molar-refractivity contribution >= 4 is 0 Å². The molecule has 0 radical (unpaired) electrons. The van der Waals surface area contributed by atoms with Crippen LogP contribution in [0.2, 0.25) is 0 Å². The van der Waals surface area contributed by atoms with E-state index in [0.29, 0.717) is 0 Å². The minimum atomic E-state index is 0.929. The first kappa shape index (κ1) is 10.8. The van der Waals surface area contributed by atoms with Gasteiger partial charge in [0, 0.05) is 6.54 Å². The Bertz CT molecular complexity index is 142. The van der Waals surface area contributed by atoms with Crippen LogP contribution in [0, 0.1) is 11.8 Å². The van der Waals surface area contributed by atoms with E-state index in [0.717, 1.165) is 18.4 Å². The molecule has 0 aromatic carbocycles. The van der Waals surface area contributed by atoms with E-state index in [-0.39, 0.29) is 0 Å². The van der Waals surface area contributed by atoms with Gasteiger partial charge in [0.2, 0.25) is 0 Å². The fourth-order valence-corrected chi connectivity index (χ4v) is 2.35. The molecule has 76 valence electrons. The Morgan fingerprint density at radius 1 is 1.38 bits per heavy atom. The first-order valence-corrected chi connectivity index (χ1v) is 5.68. The molecule has 2 unspecified atom stereocenters. The highest BCUT2D eigenvalue weighted by Gasteiger charge is 2.19. The van der Waals surface area contributed by atoms with Gasteiger partial charge in [-0.2, -0.15) is 0 Å². The van der Waals surface area contributed by atoms with E-state index < -0.39 is 0 Å². The number of hydrogen-bond acceptors (Lipinski definition) is 1. The van der Waals surface area contributed by atoms with Crippen LogP contribution in [-0.4, -0.2) is 13.1 Å². The van der Waals surface area contributed by atoms with Crippen molar-refractivity contribution in [3.05, 3.63) is 12.7 Å². The maximum Gasteiger partial charge on any atom is 0.0132 e. The lowest BCUT2D eigenvalue weighted by molar-refractivity contribution is 0.256. The summed E-state index contributed by atoms with van der Waals surface area (Å²) in [6, 6.07) is 0. The van der Waals surface area contributed by atoms with E-state index in [1.165, 1.54) is 38.6 Å². The van der Waals surface area contributed by atoms with Crippen LogP contribution in [0.15, 0.2) is 12.7 Å². The summed E-state index contributed by atoms with van der Waals surface area (Å²) >= 11 is 0. The normalized spacial score (nSPS) is 28.7. The average Bonchev–Trinajstić information content (AvgIpc) is 2.19. The fourth-order valence-electron chi connectivity index (χ4n) is 2.35. The zero-order valence-corrected chi connectivity index (χ0v) is 8.89. The molecule has 0 spiro atoms. The minimum Gasteiger partial charge on any atom is -0.313 e. The number of nitrogens with one attached hydrogen (secondary N) is 1. The highest BCUT2D eigenvalue weighted by atomic mass is 14.8. The fraction of sp³-hybridized carbons (Fsp3) is 0.833. The van der Waals surface area contributed by atoms with E-state index in [2.05, 4.69) is 18.8 Å². The second-order valence-electron chi connectivity index (χ2n) is 4.25. The summed E-state index contributed by atoms with van der Waals surface area (Å²) in [5.74, 6) is 1.93. The highest BCUT2D eigenvalue weighted by molar-refractivity contribution is 4.76. The van der Waals surface area contributed by atoms with E-state index in [1.54, 1.807) is 0 Å². The smallest absolute Gasteiger partial charge is 0.0132 e. The summed E-state index contributed by atoms with van der Waals surface area (Å²) < 4.78 is 0. The Labute approximate surface area is 82.6 Å². The van der Waals surface area contributed by atoms with Crippen molar-refractivity contribution in [3.63, 3.8) is 0 Å². The Morgan fingerprint density at radius 3 is 2.85 bits per heavy atom. The SMILES string of the molecule is C=CCNCC1CCCC(CC)C1. The molecule has 0 saturated heterocycles. The maximum atomic E-state index is 3.71. The van der Waals surface area contributed by atoms with Gasteiger partial charge in [-0.3, -0.25) is 0 Å². The van der Waals surface area contributed by atoms with Gasteiger partial charge in [0.1, 0.15) is 0 Å². The van der Waals surface area contributed by atoms with Crippen molar-refractivity contribution in [2.75, 3.05) is 13.1 Å². The molecule has 1 heteroatoms. The second-order valence-corrected chi connectivity index (χ2v) is 4.25. The van der Waals surface area contributed by atoms with Gasteiger partial charge in [0.15, 0.2) is 0 Å². The highest BCUT2D eigenvalue weighted by Crippen LogP contribution is 2.30. The molecule has 0 amide bonds. The molecule has 13 heavy (non-hydrogen) atoms. The summed E-state index contributed by atoms with van der Waals surface area (Å²) in [4.78, 5) is 0. The van der Waals surface area contributed by atoms with Crippen molar-refractivity contribution in [1.82, 2.24) is 5.32 Å². The maximum absolute atomic E-state index is 3.71. The van der Waals surface area contributed by atoms with E-state index in [4.69, 9.17) is 0 Å². The predicted octanol–water partition coefficient (Wildman–Crippen LogP) is 2.98. The van der Waals surface area contributed by atoms with Crippen molar-refractivity contribution in [1.29, 1.82) is 0 Å². The average molecular weight is 181 g/mol. The van der Waals surface area contributed by atoms with Crippen molar-refractivity contribution < 1.29 is 0 Å². The van der Waals surface area contributed by atoms with Crippen molar-refractivity contribution in [2.45, 2.75) is 39.0 Å². The van der Waals surface area contributed by atoms with E-state index >= 15 is 0 Å². The topological polar surface area (TPSA) is 12.0 Å². The summed E-state index contributed by atoms with van der Waals surface area (Å²) in [5, 5.41) is 3.43. The van der Waals surface area contributed by atoms with Crippen LogP contribution < -0.4 is 5.32 Å². The van der Waals surface area contributed by atoms with Gasteiger partial charge in [-0.05, 0) is 31.2 Å². The number of hydrogen-bond donors (Lipinski definition) is 1. The van der Waals surface area contributed by atoms with Gasteiger partial charge in [-0.15, -0.1) is 6.58 Å². The zero-order valence-electron chi connectivity index (χ0n) is 8.89. The van der Waals surface area contributed by atoms with Crippen molar-refractivity contribution in [3.8, 4) is 0 Å². The Morgan fingerprint density at radius 2 is 2.15 bits per heavy atom. The van der Waals surface area contributed by atoms with Crippen LogP contribution in [0.25, 0.3) is 0 Å². The van der Waals surface area contributed by atoms with Crippen molar-refractivity contribution in [2.24, 2.45) is 11.8 Å². The molecule has 0 aromatic heterocycles. The summed E-state index contributed by atoms with van der Waals surface area (Å²) in [5.41, 5.74) is 0. The molecule has 2 atom stereocenters. The molecule has 0 heterocycles. The van der Waals surface area contributed by atoms with E-state index in [1.807, 2.05) is 6.08 Å². The first-order valence-electron chi connectivity index (χ1n) is 5.68. The Kier molecular flexibility index (Phi) is 5.14. The van der Waals surface area contributed by atoms with E-state index in [9.17, 15) is 0 Å². The Balaban J connectivity index is 2.14. The molecule has 1 aliphatic carbocycles. The minimum absolute atomic E-state index is 0.929. The van der Waals surface area contributed by atoms with Crippen LogP contribution in [0.5, 0.6) is 0 Å². The molecule has 0 aromatic rings. The van der Waals surface area contributed by atoms with Crippen LogP contribution in [0.4, 0.5) is 0 Å². The molecular formula is C12H23N. The molecular weight excluding hydrogens is 158 g/mol. The quantitative estimate of drug-likeness (QED) is 0.508. The molecule has 0 bridgehead atoms. The third kappa shape index (κ3) is 3.95. The van der Waals surface area contributed by atoms with Crippen LogP contribution in [0.1, 0.15) is 39.0 Å². The predicted molar refractivity (Wildman–Crippen MR) is 58.8 cm³/mol. The largest absolute Gasteiger partial charge is 0.313 e.